The van der Waals surface area contributed by atoms with Gasteiger partial charge in [0.05, 0.1) is 17.5 Å². The van der Waals surface area contributed by atoms with Crippen LogP contribution in [0, 0.1) is 5.82 Å². The molecule has 132 valence electrons. The molecule has 0 unspecified atom stereocenters. The van der Waals surface area contributed by atoms with Crippen LogP contribution in [0.5, 0.6) is 0 Å². The van der Waals surface area contributed by atoms with Gasteiger partial charge >= 0.3 is 0 Å². The molecule has 1 aromatic carbocycles. The first-order chi connectivity index (χ1) is 11.7. The molecule has 1 saturated heterocycles. The lowest BCUT2D eigenvalue weighted by Gasteiger charge is -2.30. The molecule has 5 heteroatoms. The van der Waals surface area contributed by atoms with Crippen LogP contribution in [-0.2, 0) is 9.53 Å². The van der Waals surface area contributed by atoms with E-state index in [0.29, 0.717) is 5.69 Å². The van der Waals surface area contributed by atoms with Gasteiger partial charge in [-0.3, -0.25) is 4.79 Å². The van der Waals surface area contributed by atoms with Crippen molar-refractivity contribution in [3.05, 3.63) is 24.0 Å². The maximum Gasteiger partial charge on any atom is 0.250 e. The van der Waals surface area contributed by atoms with Gasteiger partial charge in [0.15, 0.2) is 0 Å². The van der Waals surface area contributed by atoms with Gasteiger partial charge in [-0.05, 0) is 50.3 Å². The normalized spacial score (nSPS) is 19.3. The summed E-state index contributed by atoms with van der Waals surface area (Å²) in [5.74, 6) is -0.538. The van der Waals surface area contributed by atoms with E-state index in [0.717, 1.165) is 44.5 Å². The molecule has 0 radical (unpaired) electrons. The predicted molar refractivity (Wildman–Crippen MR) is 93.9 cm³/mol. The fraction of sp³-hybridized carbons (Fsp3) is 0.632. The van der Waals surface area contributed by atoms with Crippen molar-refractivity contribution in [2.75, 3.05) is 29.9 Å². The van der Waals surface area contributed by atoms with Crippen molar-refractivity contribution >= 4 is 17.3 Å². The van der Waals surface area contributed by atoms with Gasteiger partial charge in [0.2, 0.25) is 5.91 Å². The topological polar surface area (TPSA) is 41.6 Å². The minimum absolute atomic E-state index is 0.0423. The third-order valence-corrected chi connectivity index (χ3v) is 4.93. The van der Waals surface area contributed by atoms with Crippen molar-refractivity contribution in [1.82, 2.24) is 0 Å². The first-order valence-electron chi connectivity index (χ1n) is 9.18. The number of hydrogen-bond donors (Lipinski definition) is 1. The largest absolute Gasteiger partial charge is 0.370 e. The lowest BCUT2D eigenvalue weighted by atomic mass is 9.98. The molecule has 24 heavy (non-hydrogen) atoms. The summed E-state index contributed by atoms with van der Waals surface area (Å²) in [7, 11) is 0. The molecule has 3 rings (SSSR count). The van der Waals surface area contributed by atoms with Crippen molar-refractivity contribution in [1.29, 1.82) is 0 Å². The van der Waals surface area contributed by atoms with Gasteiger partial charge in [-0.1, -0.05) is 19.3 Å². The Balaban J connectivity index is 1.60. The number of halogens is 1. The van der Waals surface area contributed by atoms with E-state index < -0.39 is 0 Å². The number of benzene rings is 1. The number of carbonyl (C=O) groups is 1. The number of anilines is 2. The Labute approximate surface area is 143 Å². The summed E-state index contributed by atoms with van der Waals surface area (Å²) in [5, 5.41) is 2.84. The van der Waals surface area contributed by atoms with Crippen LogP contribution >= 0.6 is 0 Å². The Hall–Kier alpha value is -1.62. The van der Waals surface area contributed by atoms with Crippen molar-refractivity contribution in [3.63, 3.8) is 0 Å². The van der Waals surface area contributed by atoms with Gasteiger partial charge in [-0.15, -0.1) is 0 Å². The SMILES string of the molecule is O=C(COC1CCCCC1)Nc1cc(F)ccc1N1CCCCC1. The highest BCUT2D eigenvalue weighted by atomic mass is 19.1. The molecule has 1 saturated carbocycles. The smallest absolute Gasteiger partial charge is 0.250 e. The van der Waals surface area contributed by atoms with E-state index in [1.807, 2.05) is 0 Å². The summed E-state index contributed by atoms with van der Waals surface area (Å²) < 4.78 is 19.4. The third-order valence-electron chi connectivity index (χ3n) is 4.93. The number of nitrogens with one attached hydrogen (secondary N) is 1. The van der Waals surface area contributed by atoms with E-state index in [-0.39, 0.29) is 24.4 Å². The van der Waals surface area contributed by atoms with E-state index in [9.17, 15) is 9.18 Å². The molecule has 1 heterocycles. The fourth-order valence-electron chi connectivity index (χ4n) is 3.63. The van der Waals surface area contributed by atoms with Crippen LogP contribution < -0.4 is 10.2 Å². The van der Waals surface area contributed by atoms with E-state index in [4.69, 9.17) is 4.74 Å². The Bertz CT molecular complexity index is 552. The average molecular weight is 334 g/mol. The first kappa shape index (κ1) is 17.2. The summed E-state index contributed by atoms with van der Waals surface area (Å²) in [4.78, 5) is 14.4. The molecule has 1 aliphatic heterocycles. The van der Waals surface area contributed by atoms with Gasteiger partial charge in [-0.25, -0.2) is 4.39 Å². The lowest BCUT2D eigenvalue weighted by Crippen LogP contribution is -2.31. The molecule has 1 aromatic rings. The number of piperidine rings is 1. The molecule has 1 N–H and O–H groups in total. The Morgan fingerprint density at radius 1 is 1.12 bits per heavy atom. The van der Waals surface area contributed by atoms with Crippen molar-refractivity contribution in [2.24, 2.45) is 0 Å². The number of ether oxygens (including phenoxy) is 1. The summed E-state index contributed by atoms with van der Waals surface area (Å²) in [6.07, 6.45) is 9.37. The maximum atomic E-state index is 13.6. The highest BCUT2D eigenvalue weighted by Crippen LogP contribution is 2.29. The van der Waals surface area contributed by atoms with Gasteiger partial charge in [0, 0.05) is 13.1 Å². The summed E-state index contributed by atoms with van der Waals surface area (Å²) in [6, 6.07) is 4.62. The zero-order valence-electron chi connectivity index (χ0n) is 14.2. The Morgan fingerprint density at radius 3 is 2.58 bits per heavy atom. The van der Waals surface area contributed by atoms with Crippen molar-refractivity contribution in [3.8, 4) is 0 Å². The molecule has 0 spiro atoms. The molecule has 0 aromatic heterocycles. The van der Waals surface area contributed by atoms with E-state index in [2.05, 4.69) is 10.2 Å². The van der Waals surface area contributed by atoms with Crippen LogP contribution in [0.3, 0.4) is 0 Å². The number of amides is 1. The number of carbonyl (C=O) groups excluding carboxylic acids is 1. The predicted octanol–water partition coefficient (Wildman–Crippen LogP) is 4.10. The van der Waals surface area contributed by atoms with E-state index >= 15 is 0 Å². The lowest BCUT2D eigenvalue weighted by molar-refractivity contribution is -0.123. The molecular weight excluding hydrogens is 307 g/mol. The monoisotopic (exact) mass is 334 g/mol. The number of nitrogens with zero attached hydrogens (tertiary/aromatic N) is 1. The van der Waals surface area contributed by atoms with Crippen LogP contribution in [0.1, 0.15) is 51.4 Å². The molecule has 0 atom stereocenters. The number of hydrogen-bond acceptors (Lipinski definition) is 3. The zero-order valence-corrected chi connectivity index (χ0v) is 14.2. The van der Waals surface area contributed by atoms with Gasteiger partial charge in [0.1, 0.15) is 12.4 Å². The van der Waals surface area contributed by atoms with Crippen LogP contribution in [0.15, 0.2) is 18.2 Å². The van der Waals surface area contributed by atoms with Crippen LogP contribution in [-0.4, -0.2) is 31.7 Å². The van der Waals surface area contributed by atoms with Gasteiger partial charge in [-0.2, -0.15) is 0 Å². The maximum absolute atomic E-state index is 13.6. The van der Waals surface area contributed by atoms with Crippen LogP contribution in [0.25, 0.3) is 0 Å². The van der Waals surface area contributed by atoms with E-state index in [1.165, 1.54) is 37.8 Å². The average Bonchev–Trinajstić information content (AvgIpc) is 2.62. The Morgan fingerprint density at radius 2 is 1.83 bits per heavy atom. The minimum Gasteiger partial charge on any atom is -0.370 e. The van der Waals surface area contributed by atoms with Gasteiger partial charge in [0.25, 0.3) is 0 Å². The highest BCUT2D eigenvalue weighted by molar-refractivity contribution is 5.95. The molecule has 0 bridgehead atoms. The number of rotatable bonds is 5. The fourth-order valence-corrected chi connectivity index (χ4v) is 3.63. The second-order valence-corrected chi connectivity index (χ2v) is 6.83. The van der Waals surface area contributed by atoms with Crippen LogP contribution in [0.2, 0.25) is 0 Å². The zero-order chi connectivity index (χ0) is 16.8. The molecule has 4 nitrogen and oxygen atoms in total. The summed E-state index contributed by atoms with van der Waals surface area (Å²) in [5.41, 5.74) is 1.45. The second-order valence-electron chi connectivity index (χ2n) is 6.83. The molecular formula is C19H27FN2O2. The minimum atomic E-state index is -0.334. The molecule has 2 aliphatic rings. The van der Waals surface area contributed by atoms with Crippen molar-refractivity contribution in [2.45, 2.75) is 57.5 Å². The third kappa shape index (κ3) is 4.69. The molecule has 2 fully saturated rings. The van der Waals surface area contributed by atoms with Crippen LogP contribution in [0.4, 0.5) is 15.8 Å². The summed E-state index contributed by atoms with van der Waals surface area (Å²) in [6.45, 7) is 1.95. The van der Waals surface area contributed by atoms with E-state index in [1.54, 1.807) is 6.07 Å². The Kier molecular flexibility index (Phi) is 6.07. The second kappa shape index (κ2) is 8.47. The quantitative estimate of drug-likeness (QED) is 0.881. The first-order valence-corrected chi connectivity index (χ1v) is 9.18. The molecule has 1 aliphatic carbocycles. The highest BCUT2D eigenvalue weighted by Gasteiger charge is 2.18. The standard InChI is InChI=1S/C19H27FN2O2/c20-15-9-10-18(22-11-5-2-6-12-22)17(13-15)21-19(23)14-24-16-7-3-1-4-8-16/h9-10,13,16H,1-8,11-12,14H2,(H,21,23). The van der Waals surface area contributed by atoms with Gasteiger partial charge < -0.3 is 15.0 Å². The van der Waals surface area contributed by atoms with Crippen molar-refractivity contribution < 1.29 is 13.9 Å². The summed E-state index contributed by atoms with van der Waals surface area (Å²) >= 11 is 0. The molecule has 1 amide bonds.